The first kappa shape index (κ1) is 16.8. The summed E-state index contributed by atoms with van der Waals surface area (Å²) < 4.78 is 5.20. The number of hydrogen-bond acceptors (Lipinski definition) is 3. The molecule has 4 nitrogen and oxygen atoms in total. The number of carbonyl (C=O) groups excluding carboxylic acids is 1. The van der Waals surface area contributed by atoms with Crippen LogP contribution >= 0.6 is 11.6 Å². The zero-order chi connectivity index (χ0) is 16.9. The van der Waals surface area contributed by atoms with Crippen LogP contribution in [-0.2, 0) is 6.54 Å². The number of carbonyl (C=O) groups is 1. The lowest BCUT2D eigenvalue weighted by Gasteiger charge is -2.34. The van der Waals surface area contributed by atoms with Crippen molar-refractivity contribution in [2.45, 2.75) is 6.54 Å². The first-order valence-electron chi connectivity index (χ1n) is 8.06. The van der Waals surface area contributed by atoms with E-state index >= 15 is 0 Å². The third-order valence-electron chi connectivity index (χ3n) is 4.30. The summed E-state index contributed by atoms with van der Waals surface area (Å²) in [7, 11) is 1.61. The molecule has 1 saturated heterocycles. The second-order valence-corrected chi connectivity index (χ2v) is 6.36. The summed E-state index contributed by atoms with van der Waals surface area (Å²) in [4.78, 5) is 16.9. The van der Waals surface area contributed by atoms with Gasteiger partial charge >= 0.3 is 0 Å². The summed E-state index contributed by atoms with van der Waals surface area (Å²) >= 11 is 5.92. The average molecular weight is 345 g/mol. The Morgan fingerprint density at radius 2 is 1.79 bits per heavy atom. The van der Waals surface area contributed by atoms with E-state index in [0.717, 1.165) is 37.7 Å². The van der Waals surface area contributed by atoms with Crippen LogP contribution < -0.4 is 4.74 Å². The summed E-state index contributed by atoms with van der Waals surface area (Å²) in [6.07, 6.45) is 0. The Labute approximate surface area is 147 Å². The van der Waals surface area contributed by atoms with Crippen molar-refractivity contribution in [3.63, 3.8) is 0 Å². The van der Waals surface area contributed by atoms with E-state index in [0.29, 0.717) is 11.3 Å². The van der Waals surface area contributed by atoms with Crippen molar-refractivity contribution in [3.8, 4) is 5.75 Å². The number of hydrogen-bond donors (Lipinski definition) is 0. The summed E-state index contributed by atoms with van der Waals surface area (Å²) in [6, 6.07) is 15.3. The second-order valence-electron chi connectivity index (χ2n) is 5.93. The van der Waals surface area contributed by atoms with E-state index in [9.17, 15) is 4.79 Å². The van der Waals surface area contributed by atoms with Crippen molar-refractivity contribution < 1.29 is 9.53 Å². The molecule has 0 bridgehead atoms. The molecule has 24 heavy (non-hydrogen) atoms. The maximum Gasteiger partial charge on any atom is 0.254 e. The Hall–Kier alpha value is -2.04. The zero-order valence-electron chi connectivity index (χ0n) is 13.7. The summed E-state index contributed by atoms with van der Waals surface area (Å²) in [5.74, 6) is 0.780. The molecule has 126 valence electrons. The number of amides is 1. The van der Waals surface area contributed by atoms with Crippen LogP contribution in [0.1, 0.15) is 15.9 Å². The Bertz CT molecular complexity index is 695. The molecular formula is C19H21ClN2O2. The molecule has 1 fully saturated rings. The highest BCUT2D eigenvalue weighted by molar-refractivity contribution is 6.30. The van der Waals surface area contributed by atoms with Gasteiger partial charge in [-0.05, 0) is 35.9 Å². The Morgan fingerprint density at radius 1 is 1.08 bits per heavy atom. The van der Waals surface area contributed by atoms with Gasteiger partial charge in [-0.2, -0.15) is 0 Å². The van der Waals surface area contributed by atoms with Crippen LogP contribution in [0.3, 0.4) is 0 Å². The van der Waals surface area contributed by atoms with E-state index in [1.165, 1.54) is 5.56 Å². The highest BCUT2D eigenvalue weighted by Crippen LogP contribution is 2.17. The number of ether oxygens (including phenoxy) is 1. The number of piperazine rings is 1. The molecule has 0 aliphatic carbocycles. The van der Waals surface area contributed by atoms with E-state index < -0.39 is 0 Å². The van der Waals surface area contributed by atoms with Gasteiger partial charge in [-0.15, -0.1) is 0 Å². The SMILES string of the molecule is COc1cccc(C(=O)N2CCN(Cc3ccc(Cl)cc3)CC2)c1. The van der Waals surface area contributed by atoms with Crippen LogP contribution in [0.25, 0.3) is 0 Å². The van der Waals surface area contributed by atoms with Crippen molar-refractivity contribution in [2.24, 2.45) is 0 Å². The number of benzene rings is 2. The van der Waals surface area contributed by atoms with Crippen LogP contribution in [0.5, 0.6) is 5.75 Å². The van der Waals surface area contributed by atoms with Crippen molar-refractivity contribution in [3.05, 3.63) is 64.7 Å². The standard InChI is InChI=1S/C19H21ClN2O2/c1-24-18-4-2-3-16(13-18)19(23)22-11-9-21(10-12-22)14-15-5-7-17(20)8-6-15/h2-8,13H,9-12,14H2,1H3. The molecule has 0 spiro atoms. The second kappa shape index (κ2) is 7.69. The van der Waals surface area contributed by atoms with Gasteiger partial charge in [0.1, 0.15) is 5.75 Å². The fourth-order valence-electron chi connectivity index (χ4n) is 2.90. The van der Waals surface area contributed by atoms with Crippen LogP contribution in [0.4, 0.5) is 0 Å². The molecule has 0 aromatic heterocycles. The molecule has 2 aromatic carbocycles. The molecule has 2 aromatic rings. The number of nitrogens with zero attached hydrogens (tertiary/aromatic N) is 2. The molecule has 1 aliphatic rings. The number of halogens is 1. The molecule has 0 unspecified atom stereocenters. The fourth-order valence-corrected chi connectivity index (χ4v) is 3.02. The molecule has 0 atom stereocenters. The van der Waals surface area contributed by atoms with Gasteiger partial charge in [-0.3, -0.25) is 9.69 Å². The van der Waals surface area contributed by atoms with Crippen molar-refractivity contribution in [2.75, 3.05) is 33.3 Å². The van der Waals surface area contributed by atoms with Gasteiger partial charge < -0.3 is 9.64 Å². The lowest BCUT2D eigenvalue weighted by atomic mass is 10.1. The van der Waals surface area contributed by atoms with Gasteiger partial charge in [0.05, 0.1) is 7.11 Å². The van der Waals surface area contributed by atoms with E-state index in [-0.39, 0.29) is 5.91 Å². The van der Waals surface area contributed by atoms with Gasteiger partial charge in [0.25, 0.3) is 5.91 Å². The molecule has 0 radical (unpaired) electrons. The Balaban J connectivity index is 1.56. The highest BCUT2D eigenvalue weighted by atomic mass is 35.5. The summed E-state index contributed by atoms with van der Waals surface area (Å²) in [5.41, 5.74) is 1.92. The molecule has 3 rings (SSSR count). The fraction of sp³-hybridized carbons (Fsp3) is 0.316. The van der Waals surface area contributed by atoms with Crippen molar-refractivity contribution in [1.82, 2.24) is 9.80 Å². The quantitative estimate of drug-likeness (QED) is 0.853. The van der Waals surface area contributed by atoms with E-state index in [1.54, 1.807) is 13.2 Å². The molecule has 5 heteroatoms. The van der Waals surface area contributed by atoms with Gasteiger partial charge in [0.2, 0.25) is 0 Å². The largest absolute Gasteiger partial charge is 0.497 e. The Kier molecular flexibility index (Phi) is 5.38. The number of rotatable bonds is 4. The molecule has 1 amide bonds. The lowest BCUT2D eigenvalue weighted by molar-refractivity contribution is 0.0628. The summed E-state index contributed by atoms with van der Waals surface area (Å²) in [6.45, 7) is 4.11. The zero-order valence-corrected chi connectivity index (χ0v) is 14.5. The van der Waals surface area contributed by atoms with Crippen LogP contribution in [0.2, 0.25) is 5.02 Å². The van der Waals surface area contributed by atoms with Crippen molar-refractivity contribution >= 4 is 17.5 Å². The monoisotopic (exact) mass is 344 g/mol. The van der Waals surface area contributed by atoms with Gasteiger partial charge in [-0.25, -0.2) is 0 Å². The average Bonchev–Trinajstić information content (AvgIpc) is 2.64. The van der Waals surface area contributed by atoms with E-state index in [1.807, 2.05) is 35.2 Å². The molecule has 1 aliphatic heterocycles. The molecule has 1 heterocycles. The molecular weight excluding hydrogens is 324 g/mol. The van der Waals surface area contributed by atoms with Crippen LogP contribution in [0.15, 0.2) is 48.5 Å². The van der Waals surface area contributed by atoms with Crippen LogP contribution in [0, 0.1) is 0 Å². The maximum atomic E-state index is 12.6. The van der Waals surface area contributed by atoms with E-state index in [4.69, 9.17) is 16.3 Å². The Morgan fingerprint density at radius 3 is 2.46 bits per heavy atom. The minimum absolute atomic E-state index is 0.0695. The predicted octanol–water partition coefficient (Wildman–Crippen LogP) is 3.31. The van der Waals surface area contributed by atoms with Gasteiger partial charge in [-0.1, -0.05) is 29.8 Å². The predicted molar refractivity (Wildman–Crippen MR) is 95.6 cm³/mol. The third kappa shape index (κ3) is 4.08. The molecule has 0 N–H and O–H groups in total. The van der Waals surface area contributed by atoms with Gasteiger partial charge in [0.15, 0.2) is 0 Å². The van der Waals surface area contributed by atoms with E-state index in [2.05, 4.69) is 17.0 Å². The first-order chi connectivity index (χ1) is 11.7. The molecule has 0 saturated carbocycles. The number of methoxy groups -OCH3 is 1. The maximum absolute atomic E-state index is 12.6. The topological polar surface area (TPSA) is 32.8 Å². The smallest absolute Gasteiger partial charge is 0.254 e. The first-order valence-corrected chi connectivity index (χ1v) is 8.43. The van der Waals surface area contributed by atoms with Gasteiger partial charge in [0, 0.05) is 43.3 Å². The van der Waals surface area contributed by atoms with Crippen LogP contribution in [-0.4, -0.2) is 49.0 Å². The normalized spacial score (nSPS) is 15.3. The minimum Gasteiger partial charge on any atom is -0.497 e. The van der Waals surface area contributed by atoms with Crippen molar-refractivity contribution in [1.29, 1.82) is 0 Å². The third-order valence-corrected chi connectivity index (χ3v) is 4.55. The highest BCUT2D eigenvalue weighted by Gasteiger charge is 2.22. The minimum atomic E-state index is 0.0695. The lowest BCUT2D eigenvalue weighted by Crippen LogP contribution is -2.48. The summed E-state index contributed by atoms with van der Waals surface area (Å²) in [5, 5.41) is 0.757.